The molecule has 0 radical (unpaired) electrons. The van der Waals surface area contributed by atoms with Crippen LogP contribution in [-0.4, -0.2) is 60.4 Å². The SMILES string of the molecule is CCCCCCCCCCCCCCCCCCO[C@@H]1[C@H]2OC(C)(C)O[C@H]2O[C@@H]1COP(=O)(O)OCCBr. The highest BCUT2D eigenvalue weighted by atomic mass is 79.9. The predicted molar refractivity (Wildman–Crippen MR) is 154 cm³/mol. The fraction of sp³-hybridized carbons (Fsp3) is 1.00. The van der Waals surface area contributed by atoms with Crippen LogP contribution in [-0.2, 0) is 32.6 Å². The van der Waals surface area contributed by atoms with Gasteiger partial charge in [-0.1, -0.05) is 119 Å². The molecule has 0 aliphatic carbocycles. The molecule has 0 saturated carbocycles. The second-order valence-corrected chi connectivity index (χ2v) is 13.3. The highest BCUT2D eigenvalue weighted by Crippen LogP contribution is 2.45. The monoisotopic (exact) mass is 628 g/mol. The highest BCUT2D eigenvalue weighted by Gasteiger charge is 2.55. The van der Waals surface area contributed by atoms with Gasteiger partial charge >= 0.3 is 7.82 Å². The van der Waals surface area contributed by atoms with Crippen molar-refractivity contribution in [2.75, 3.05) is 25.2 Å². The quantitative estimate of drug-likeness (QED) is 0.0652. The van der Waals surface area contributed by atoms with Gasteiger partial charge in [0.25, 0.3) is 0 Å². The van der Waals surface area contributed by atoms with Gasteiger partial charge in [0.2, 0.25) is 0 Å². The van der Waals surface area contributed by atoms with E-state index in [1.165, 1.54) is 89.9 Å². The number of phosphoric ester groups is 1. The van der Waals surface area contributed by atoms with Gasteiger partial charge in [0.15, 0.2) is 12.1 Å². The van der Waals surface area contributed by atoms with E-state index in [0.717, 1.165) is 12.8 Å². The molecule has 0 spiro atoms. The van der Waals surface area contributed by atoms with Crippen LogP contribution in [0.5, 0.6) is 0 Å². The molecule has 0 aromatic carbocycles. The van der Waals surface area contributed by atoms with Crippen LogP contribution >= 0.6 is 23.8 Å². The molecule has 1 unspecified atom stereocenters. The molecule has 1 N–H and O–H groups in total. The Morgan fingerprint density at radius 2 is 1.32 bits per heavy atom. The van der Waals surface area contributed by atoms with Crippen LogP contribution in [0.4, 0.5) is 0 Å². The van der Waals surface area contributed by atoms with Crippen molar-refractivity contribution in [3.05, 3.63) is 0 Å². The molecule has 8 nitrogen and oxygen atoms in total. The van der Waals surface area contributed by atoms with Crippen LogP contribution in [0.15, 0.2) is 0 Å². The fourth-order valence-corrected chi connectivity index (χ4v) is 6.25. The molecular formula is C28H54BrO8P. The van der Waals surface area contributed by atoms with Gasteiger partial charge in [0, 0.05) is 11.9 Å². The van der Waals surface area contributed by atoms with Crippen molar-refractivity contribution >= 4 is 23.8 Å². The molecule has 10 heteroatoms. The van der Waals surface area contributed by atoms with Crippen LogP contribution in [0.25, 0.3) is 0 Å². The summed E-state index contributed by atoms with van der Waals surface area (Å²) in [5, 5.41) is 0.437. The molecular weight excluding hydrogens is 575 g/mol. The number of phosphoric acid groups is 1. The van der Waals surface area contributed by atoms with E-state index in [0.29, 0.717) is 11.9 Å². The summed E-state index contributed by atoms with van der Waals surface area (Å²) >= 11 is 3.16. The molecule has 0 aromatic rings. The van der Waals surface area contributed by atoms with Crippen molar-refractivity contribution in [3.63, 3.8) is 0 Å². The molecule has 2 heterocycles. The molecule has 38 heavy (non-hydrogen) atoms. The Balaban J connectivity index is 1.53. The minimum Gasteiger partial charge on any atom is -0.372 e. The molecule has 0 aromatic heterocycles. The normalized spacial score (nSPS) is 26.0. The van der Waals surface area contributed by atoms with E-state index in [9.17, 15) is 9.46 Å². The van der Waals surface area contributed by atoms with Gasteiger partial charge in [-0.3, -0.25) is 9.05 Å². The predicted octanol–water partition coefficient (Wildman–Crippen LogP) is 8.04. The van der Waals surface area contributed by atoms with E-state index in [1.54, 1.807) is 0 Å². The Labute approximate surface area is 239 Å². The van der Waals surface area contributed by atoms with Crippen LogP contribution in [0.1, 0.15) is 124 Å². The van der Waals surface area contributed by atoms with Crippen LogP contribution < -0.4 is 0 Å². The second kappa shape index (κ2) is 19.5. The van der Waals surface area contributed by atoms with Gasteiger partial charge in [-0.2, -0.15) is 0 Å². The second-order valence-electron chi connectivity index (χ2n) is 11.1. The van der Waals surface area contributed by atoms with Crippen molar-refractivity contribution < 1.29 is 37.5 Å². The van der Waals surface area contributed by atoms with E-state index < -0.39 is 38.2 Å². The van der Waals surface area contributed by atoms with Gasteiger partial charge in [-0.15, -0.1) is 0 Å². The third-order valence-corrected chi connectivity index (χ3v) is 8.44. The van der Waals surface area contributed by atoms with Crippen LogP contribution in [0.3, 0.4) is 0 Å². The molecule has 2 fully saturated rings. The summed E-state index contributed by atoms with van der Waals surface area (Å²) in [7, 11) is -4.16. The number of unbranched alkanes of at least 4 members (excludes halogenated alkanes) is 15. The first-order valence-electron chi connectivity index (χ1n) is 15.1. The summed E-state index contributed by atoms with van der Waals surface area (Å²) in [4.78, 5) is 9.84. The molecule has 2 rings (SSSR count). The fourth-order valence-electron chi connectivity index (χ4n) is 5.11. The van der Waals surface area contributed by atoms with E-state index in [1.807, 2.05) is 13.8 Å². The summed E-state index contributed by atoms with van der Waals surface area (Å²) in [5.74, 6) is -0.762. The summed E-state index contributed by atoms with van der Waals surface area (Å²) in [6.45, 7) is 6.46. The van der Waals surface area contributed by atoms with Crippen molar-refractivity contribution in [1.29, 1.82) is 0 Å². The van der Waals surface area contributed by atoms with Crippen molar-refractivity contribution in [2.45, 2.75) is 154 Å². The third kappa shape index (κ3) is 14.4. The maximum Gasteiger partial charge on any atom is 0.472 e. The number of halogens is 1. The standard InChI is InChI=1S/C28H54BrO8P/c1-4-5-6-7-8-9-10-11-12-13-14-15-16-17-18-19-21-32-25-24(23-34-38(30,31)33-22-20-29)35-27-26(25)36-28(2,3)37-27/h24-27H,4-23H2,1-3H3,(H,30,31)/t24-,25+,26-,27-/m1/s1. The number of fused-ring (bicyclic) bond motifs is 1. The van der Waals surface area contributed by atoms with E-state index in [-0.39, 0.29) is 13.2 Å². The Kier molecular flexibility index (Phi) is 17.8. The zero-order valence-electron chi connectivity index (χ0n) is 24.1. The first kappa shape index (κ1) is 34.6. The Hall–Kier alpha value is 0.430. The molecule has 2 aliphatic heterocycles. The lowest BCUT2D eigenvalue weighted by Crippen LogP contribution is -2.39. The summed E-state index contributed by atoms with van der Waals surface area (Å²) in [6.07, 6.45) is 19.2. The first-order valence-corrected chi connectivity index (χ1v) is 17.7. The molecule has 226 valence electrons. The molecule has 2 aliphatic rings. The van der Waals surface area contributed by atoms with Gasteiger partial charge in [-0.25, -0.2) is 4.57 Å². The molecule has 2 saturated heterocycles. The van der Waals surface area contributed by atoms with E-state index in [2.05, 4.69) is 22.9 Å². The zero-order valence-corrected chi connectivity index (χ0v) is 26.6. The smallest absolute Gasteiger partial charge is 0.372 e. The third-order valence-electron chi connectivity index (χ3n) is 7.13. The number of hydrogen-bond donors (Lipinski definition) is 1. The largest absolute Gasteiger partial charge is 0.472 e. The zero-order chi connectivity index (χ0) is 27.7. The molecule has 0 bridgehead atoms. The highest BCUT2D eigenvalue weighted by molar-refractivity contribution is 9.09. The lowest BCUT2D eigenvalue weighted by molar-refractivity contribution is -0.221. The minimum absolute atomic E-state index is 0.0736. The molecule has 0 amide bonds. The number of rotatable bonds is 24. The lowest BCUT2D eigenvalue weighted by Gasteiger charge is -2.26. The average Bonchev–Trinajstić information content (AvgIpc) is 3.34. The Morgan fingerprint density at radius 1 is 0.789 bits per heavy atom. The van der Waals surface area contributed by atoms with Crippen molar-refractivity contribution in [1.82, 2.24) is 0 Å². The lowest BCUT2D eigenvalue weighted by atomic mass is 10.0. The topological polar surface area (TPSA) is 92.7 Å². The summed E-state index contributed by atoms with van der Waals surface area (Å²) in [6, 6.07) is 0. The van der Waals surface area contributed by atoms with Gasteiger partial charge < -0.3 is 23.8 Å². The van der Waals surface area contributed by atoms with E-state index >= 15 is 0 Å². The average molecular weight is 630 g/mol. The van der Waals surface area contributed by atoms with E-state index in [4.69, 9.17) is 28.0 Å². The number of ether oxygens (including phenoxy) is 4. The number of alkyl halides is 1. The first-order chi connectivity index (χ1) is 18.3. The van der Waals surface area contributed by atoms with Gasteiger partial charge in [-0.05, 0) is 20.3 Å². The summed E-state index contributed by atoms with van der Waals surface area (Å²) in [5.41, 5.74) is 0. The van der Waals surface area contributed by atoms with Crippen molar-refractivity contribution in [2.24, 2.45) is 0 Å². The van der Waals surface area contributed by atoms with Crippen molar-refractivity contribution in [3.8, 4) is 0 Å². The minimum atomic E-state index is -4.16. The van der Waals surface area contributed by atoms with Crippen LogP contribution in [0, 0.1) is 0 Å². The summed E-state index contributed by atoms with van der Waals surface area (Å²) < 4.78 is 46.0. The van der Waals surface area contributed by atoms with Crippen LogP contribution in [0.2, 0.25) is 0 Å². The Bertz CT molecular complexity index is 652. The van der Waals surface area contributed by atoms with Gasteiger partial charge in [0.05, 0.1) is 13.2 Å². The molecule has 5 atom stereocenters. The van der Waals surface area contributed by atoms with Gasteiger partial charge in [0.1, 0.15) is 18.3 Å². The number of hydrogen-bond acceptors (Lipinski definition) is 7. The Morgan fingerprint density at radius 3 is 1.84 bits per heavy atom. The maximum absolute atomic E-state index is 12.0. The maximum atomic E-state index is 12.0.